The molecule has 2 unspecified atom stereocenters. The zero-order valence-corrected chi connectivity index (χ0v) is 9.72. The average molecular weight is 236 g/mol. The molecular formula is C12H16N2O3. The highest BCUT2D eigenvalue weighted by molar-refractivity contribution is 5.94. The van der Waals surface area contributed by atoms with Crippen molar-refractivity contribution in [3.63, 3.8) is 0 Å². The van der Waals surface area contributed by atoms with E-state index in [0.29, 0.717) is 12.5 Å². The van der Waals surface area contributed by atoms with Crippen molar-refractivity contribution in [1.82, 2.24) is 10.3 Å². The van der Waals surface area contributed by atoms with E-state index in [1.807, 2.05) is 6.92 Å². The summed E-state index contributed by atoms with van der Waals surface area (Å²) in [6.07, 6.45) is 2.61. The van der Waals surface area contributed by atoms with Crippen molar-refractivity contribution in [3.8, 4) is 5.75 Å². The monoisotopic (exact) mass is 236 g/mol. The Morgan fingerprint density at radius 1 is 1.71 bits per heavy atom. The Labute approximate surface area is 99.8 Å². The van der Waals surface area contributed by atoms with Crippen molar-refractivity contribution >= 4 is 5.91 Å². The number of carbonyl (C=O) groups excluding carboxylic acids is 1. The van der Waals surface area contributed by atoms with Gasteiger partial charge in [-0.25, -0.2) is 4.98 Å². The first-order chi connectivity index (χ1) is 8.18. The quantitative estimate of drug-likeness (QED) is 0.819. The minimum Gasteiger partial charge on any atom is -0.505 e. The number of hydrogen-bond donors (Lipinski definition) is 2. The van der Waals surface area contributed by atoms with Gasteiger partial charge in [-0.05, 0) is 25.5 Å². The lowest BCUT2D eigenvalue weighted by molar-refractivity contribution is 0.0901. The molecule has 5 nitrogen and oxygen atoms in total. The predicted molar refractivity (Wildman–Crippen MR) is 61.8 cm³/mol. The number of nitrogens with one attached hydrogen (secondary N) is 1. The number of nitrogens with zero attached hydrogens (tertiary/aromatic N) is 1. The Morgan fingerprint density at radius 3 is 3.18 bits per heavy atom. The molecule has 1 aliphatic rings. The van der Waals surface area contributed by atoms with Crippen molar-refractivity contribution < 1.29 is 14.6 Å². The van der Waals surface area contributed by atoms with Crippen LogP contribution in [0.3, 0.4) is 0 Å². The summed E-state index contributed by atoms with van der Waals surface area (Å²) in [5.41, 5.74) is 0.0686. The molecule has 5 heteroatoms. The molecule has 0 aromatic carbocycles. The predicted octanol–water partition coefficient (Wildman–Crippen LogP) is 0.942. The van der Waals surface area contributed by atoms with Gasteiger partial charge in [0.1, 0.15) is 5.75 Å². The topological polar surface area (TPSA) is 71.5 Å². The van der Waals surface area contributed by atoms with Crippen LogP contribution >= 0.6 is 0 Å². The molecule has 0 bridgehead atoms. The molecule has 2 atom stereocenters. The zero-order valence-electron chi connectivity index (χ0n) is 9.72. The highest BCUT2D eigenvalue weighted by Crippen LogP contribution is 2.19. The Hall–Kier alpha value is -1.62. The van der Waals surface area contributed by atoms with Gasteiger partial charge in [0.25, 0.3) is 5.91 Å². The normalized spacial score (nSPS) is 23.6. The van der Waals surface area contributed by atoms with Gasteiger partial charge in [0, 0.05) is 25.3 Å². The fourth-order valence-corrected chi connectivity index (χ4v) is 1.92. The van der Waals surface area contributed by atoms with Gasteiger partial charge in [0.15, 0.2) is 5.69 Å². The second kappa shape index (κ2) is 5.14. The molecule has 1 fully saturated rings. The van der Waals surface area contributed by atoms with Gasteiger partial charge in [0.2, 0.25) is 0 Å². The first kappa shape index (κ1) is 11.9. The fraction of sp³-hybridized carbons (Fsp3) is 0.500. The molecule has 1 aliphatic heterocycles. The minimum absolute atomic E-state index is 0.0686. The maximum Gasteiger partial charge on any atom is 0.273 e. The molecule has 2 heterocycles. The van der Waals surface area contributed by atoms with Crippen molar-refractivity contribution in [2.75, 3.05) is 13.2 Å². The standard InChI is InChI=1S/C12H16N2O3/c1-8-9(4-6-17-8)7-14-12(16)11-10(15)3-2-5-13-11/h2-3,5,8-9,15H,4,6-7H2,1H3,(H,14,16). The van der Waals surface area contributed by atoms with E-state index in [1.165, 1.54) is 12.3 Å². The smallest absolute Gasteiger partial charge is 0.273 e. The number of aromatic nitrogens is 1. The second-order valence-electron chi connectivity index (χ2n) is 4.21. The van der Waals surface area contributed by atoms with Gasteiger partial charge in [-0.3, -0.25) is 4.79 Å². The SMILES string of the molecule is CC1OCCC1CNC(=O)c1ncccc1O. The molecule has 2 N–H and O–H groups in total. The number of aromatic hydroxyl groups is 1. The Bertz CT molecular complexity index is 408. The number of pyridine rings is 1. The highest BCUT2D eigenvalue weighted by Gasteiger charge is 2.25. The van der Waals surface area contributed by atoms with E-state index in [9.17, 15) is 9.90 Å². The van der Waals surface area contributed by atoms with E-state index in [2.05, 4.69) is 10.3 Å². The van der Waals surface area contributed by atoms with E-state index >= 15 is 0 Å². The Morgan fingerprint density at radius 2 is 2.53 bits per heavy atom. The van der Waals surface area contributed by atoms with Crippen LogP contribution in [0.2, 0.25) is 0 Å². The summed E-state index contributed by atoms with van der Waals surface area (Å²) < 4.78 is 5.41. The molecule has 0 saturated carbocycles. The lowest BCUT2D eigenvalue weighted by Gasteiger charge is -2.14. The van der Waals surface area contributed by atoms with Gasteiger partial charge in [0.05, 0.1) is 6.10 Å². The van der Waals surface area contributed by atoms with Crippen LogP contribution in [0, 0.1) is 5.92 Å². The van der Waals surface area contributed by atoms with Gasteiger partial charge in [-0.1, -0.05) is 0 Å². The van der Waals surface area contributed by atoms with Crippen molar-refractivity contribution in [2.45, 2.75) is 19.4 Å². The molecule has 0 aliphatic carbocycles. The third kappa shape index (κ3) is 2.74. The minimum atomic E-state index is -0.345. The van der Waals surface area contributed by atoms with E-state index < -0.39 is 0 Å². The molecule has 1 aromatic heterocycles. The van der Waals surface area contributed by atoms with Gasteiger partial charge in [-0.15, -0.1) is 0 Å². The van der Waals surface area contributed by atoms with Crippen LogP contribution in [-0.2, 0) is 4.74 Å². The summed E-state index contributed by atoms with van der Waals surface area (Å²) in [5, 5.41) is 12.2. The summed E-state index contributed by atoms with van der Waals surface area (Å²) >= 11 is 0. The molecule has 17 heavy (non-hydrogen) atoms. The number of carbonyl (C=O) groups is 1. The first-order valence-corrected chi connectivity index (χ1v) is 5.72. The molecule has 92 valence electrons. The number of amides is 1. The summed E-state index contributed by atoms with van der Waals surface area (Å²) in [4.78, 5) is 15.6. The lowest BCUT2D eigenvalue weighted by Crippen LogP contribution is -2.32. The number of ether oxygens (including phenoxy) is 1. The summed E-state index contributed by atoms with van der Waals surface area (Å²) in [6.45, 7) is 3.30. The molecule has 0 spiro atoms. The van der Waals surface area contributed by atoms with E-state index in [-0.39, 0.29) is 23.5 Å². The second-order valence-corrected chi connectivity index (χ2v) is 4.21. The van der Waals surface area contributed by atoms with Crippen molar-refractivity contribution in [1.29, 1.82) is 0 Å². The van der Waals surface area contributed by atoms with E-state index in [0.717, 1.165) is 13.0 Å². The Balaban J connectivity index is 1.91. The number of rotatable bonds is 3. The van der Waals surface area contributed by atoms with Gasteiger partial charge < -0.3 is 15.2 Å². The van der Waals surface area contributed by atoms with Crippen molar-refractivity contribution in [3.05, 3.63) is 24.0 Å². The lowest BCUT2D eigenvalue weighted by atomic mass is 10.0. The van der Waals surface area contributed by atoms with Crippen LogP contribution in [0.15, 0.2) is 18.3 Å². The molecule has 1 saturated heterocycles. The third-order valence-corrected chi connectivity index (χ3v) is 3.06. The highest BCUT2D eigenvalue weighted by atomic mass is 16.5. The number of hydrogen-bond acceptors (Lipinski definition) is 4. The van der Waals surface area contributed by atoms with Crippen LogP contribution in [0.1, 0.15) is 23.8 Å². The third-order valence-electron chi connectivity index (χ3n) is 3.06. The summed E-state index contributed by atoms with van der Waals surface area (Å²) in [7, 11) is 0. The van der Waals surface area contributed by atoms with Gasteiger partial charge >= 0.3 is 0 Å². The zero-order chi connectivity index (χ0) is 12.3. The van der Waals surface area contributed by atoms with E-state index in [4.69, 9.17) is 4.74 Å². The maximum absolute atomic E-state index is 11.8. The van der Waals surface area contributed by atoms with Crippen LogP contribution in [0.4, 0.5) is 0 Å². The first-order valence-electron chi connectivity index (χ1n) is 5.72. The molecule has 2 rings (SSSR count). The van der Waals surface area contributed by atoms with Crippen molar-refractivity contribution in [2.24, 2.45) is 5.92 Å². The molecule has 0 radical (unpaired) electrons. The fourth-order valence-electron chi connectivity index (χ4n) is 1.92. The van der Waals surface area contributed by atoms with Crippen LogP contribution < -0.4 is 5.32 Å². The summed E-state index contributed by atoms with van der Waals surface area (Å²) in [5.74, 6) is -0.104. The van der Waals surface area contributed by atoms with Crippen LogP contribution in [-0.4, -0.2) is 35.3 Å². The summed E-state index contributed by atoms with van der Waals surface area (Å²) in [6, 6.07) is 3.03. The van der Waals surface area contributed by atoms with Gasteiger partial charge in [-0.2, -0.15) is 0 Å². The molecule has 1 amide bonds. The maximum atomic E-state index is 11.8. The molecular weight excluding hydrogens is 220 g/mol. The Kier molecular flexibility index (Phi) is 3.58. The molecule has 1 aromatic rings. The van der Waals surface area contributed by atoms with Crippen LogP contribution in [0.25, 0.3) is 0 Å². The largest absolute Gasteiger partial charge is 0.505 e. The van der Waals surface area contributed by atoms with E-state index in [1.54, 1.807) is 6.07 Å². The average Bonchev–Trinajstić information content (AvgIpc) is 2.72. The van der Waals surface area contributed by atoms with Crippen LogP contribution in [0.5, 0.6) is 5.75 Å².